The van der Waals surface area contributed by atoms with Crippen molar-refractivity contribution in [3.63, 3.8) is 0 Å². The maximum Gasteiger partial charge on any atom is 0.276 e. The van der Waals surface area contributed by atoms with Gasteiger partial charge in [0.2, 0.25) is 0 Å². The molecule has 104 valence electrons. The molecule has 0 radical (unpaired) electrons. The molecule has 3 rings (SSSR count). The van der Waals surface area contributed by atoms with Gasteiger partial charge in [0.05, 0.1) is 6.20 Å². The molecule has 6 heteroatoms. The van der Waals surface area contributed by atoms with E-state index >= 15 is 0 Å². The molecule has 0 aliphatic rings. The summed E-state index contributed by atoms with van der Waals surface area (Å²) in [5.74, 6) is 0. The van der Waals surface area contributed by atoms with Gasteiger partial charge in [0.15, 0.2) is 0 Å². The second-order valence-electron chi connectivity index (χ2n) is 4.59. The third-order valence-corrected chi connectivity index (χ3v) is 3.97. The van der Waals surface area contributed by atoms with E-state index in [9.17, 15) is 4.79 Å². The van der Waals surface area contributed by atoms with Crippen molar-refractivity contribution in [2.75, 3.05) is 13.1 Å². The molecule has 0 saturated carbocycles. The summed E-state index contributed by atoms with van der Waals surface area (Å²) in [6.07, 6.45) is 6.26. The lowest BCUT2D eigenvalue weighted by Crippen LogP contribution is -2.28. The molecule has 5 nitrogen and oxygen atoms in total. The first kappa shape index (κ1) is 13.1. The first-order chi connectivity index (χ1) is 9.84. The fraction of sp³-hybridized carbons (Fsp3) is 0.286. The Morgan fingerprint density at radius 3 is 3.05 bits per heavy atom. The molecule has 1 N–H and O–H groups in total. The van der Waals surface area contributed by atoms with Gasteiger partial charge in [0.25, 0.3) is 5.56 Å². The largest absolute Gasteiger partial charge is 0.315 e. The van der Waals surface area contributed by atoms with E-state index < -0.39 is 0 Å². The molecule has 0 aromatic carbocycles. The minimum Gasteiger partial charge on any atom is -0.315 e. The van der Waals surface area contributed by atoms with Crippen LogP contribution < -0.4 is 10.9 Å². The van der Waals surface area contributed by atoms with Crippen LogP contribution in [0.3, 0.4) is 0 Å². The van der Waals surface area contributed by atoms with Gasteiger partial charge in [-0.1, -0.05) is 0 Å². The van der Waals surface area contributed by atoms with E-state index in [2.05, 4.69) is 27.2 Å². The molecule has 0 unspecified atom stereocenters. The van der Waals surface area contributed by atoms with Crippen LogP contribution in [0.1, 0.15) is 5.56 Å². The molecular weight excluding hydrogens is 272 g/mol. The second-order valence-corrected chi connectivity index (χ2v) is 5.37. The summed E-state index contributed by atoms with van der Waals surface area (Å²) in [6.45, 7) is 2.39. The molecule has 0 aliphatic carbocycles. The SMILES string of the molecule is O=c1c2ccnn2ccn1CCNCCc1ccsc1. The molecule has 0 spiro atoms. The highest BCUT2D eigenvalue weighted by Crippen LogP contribution is 2.05. The van der Waals surface area contributed by atoms with Crippen molar-refractivity contribution in [2.45, 2.75) is 13.0 Å². The molecule has 3 aromatic rings. The van der Waals surface area contributed by atoms with Crippen molar-refractivity contribution in [1.29, 1.82) is 0 Å². The molecule has 3 heterocycles. The van der Waals surface area contributed by atoms with E-state index in [4.69, 9.17) is 0 Å². The number of aromatic nitrogens is 3. The summed E-state index contributed by atoms with van der Waals surface area (Å²) >= 11 is 1.72. The lowest BCUT2D eigenvalue weighted by Gasteiger charge is -2.07. The number of hydrogen-bond donors (Lipinski definition) is 1. The van der Waals surface area contributed by atoms with Gasteiger partial charge >= 0.3 is 0 Å². The highest BCUT2D eigenvalue weighted by atomic mass is 32.1. The third kappa shape index (κ3) is 2.81. The van der Waals surface area contributed by atoms with E-state index in [0.717, 1.165) is 19.5 Å². The van der Waals surface area contributed by atoms with Crippen molar-refractivity contribution in [3.8, 4) is 0 Å². The molecule has 0 amide bonds. The summed E-state index contributed by atoms with van der Waals surface area (Å²) < 4.78 is 3.32. The first-order valence-corrected chi connectivity index (χ1v) is 7.53. The van der Waals surface area contributed by atoms with E-state index in [1.54, 1.807) is 38.9 Å². The lowest BCUT2D eigenvalue weighted by molar-refractivity contribution is 0.584. The van der Waals surface area contributed by atoms with Gasteiger partial charge in [0, 0.05) is 25.5 Å². The van der Waals surface area contributed by atoms with Crippen molar-refractivity contribution in [2.24, 2.45) is 0 Å². The summed E-state index contributed by atoms with van der Waals surface area (Å²) in [4.78, 5) is 12.1. The van der Waals surface area contributed by atoms with Gasteiger partial charge in [-0.2, -0.15) is 16.4 Å². The van der Waals surface area contributed by atoms with Crippen LogP contribution in [0.2, 0.25) is 0 Å². The summed E-state index contributed by atoms with van der Waals surface area (Å²) in [7, 11) is 0. The Labute approximate surface area is 120 Å². The van der Waals surface area contributed by atoms with Crippen LogP contribution in [0.25, 0.3) is 5.52 Å². The zero-order valence-electron chi connectivity index (χ0n) is 11.0. The standard InChI is InChI=1S/C14H16N4OS/c19-14-13-2-5-16-18(13)9-8-17(14)7-6-15-4-1-12-3-10-20-11-12/h2-3,5,8-11,15H,1,4,6-7H2. The second kappa shape index (κ2) is 6.02. The van der Waals surface area contributed by atoms with Gasteiger partial charge in [-0.3, -0.25) is 4.79 Å². The normalized spacial score (nSPS) is 11.2. The Balaban J connectivity index is 1.52. The van der Waals surface area contributed by atoms with E-state index in [1.165, 1.54) is 5.56 Å². The fourth-order valence-corrected chi connectivity index (χ4v) is 2.83. The van der Waals surface area contributed by atoms with Crippen LogP contribution in [0.4, 0.5) is 0 Å². The quantitative estimate of drug-likeness (QED) is 0.697. The average molecular weight is 288 g/mol. The van der Waals surface area contributed by atoms with Crippen molar-refractivity contribution < 1.29 is 0 Å². The number of nitrogens with zero attached hydrogens (tertiary/aromatic N) is 3. The lowest BCUT2D eigenvalue weighted by atomic mass is 10.2. The molecule has 0 bridgehead atoms. The molecule has 3 aromatic heterocycles. The molecule has 20 heavy (non-hydrogen) atoms. The van der Waals surface area contributed by atoms with Crippen molar-refractivity contribution >= 4 is 16.9 Å². The monoisotopic (exact) mass is 288 g/mol. The Kier molecular flexibility index (Phi) is 3.94. The number of rotatable bonds is 6. The molecule has 0 fully saturated rings. The zero-order valence-corrected chi connectivity index (χ0v) is 11.8. The number of hydrogen-bond acceptors (Lipinski definition) is 4. The predicted molar refractivity (Wildman–Crippen MR) is 80.3 cm³/mol. The van der Waals surface area contributed by atoms with Crippen LogP contribution in [-0.4, -0.2) is 27.3 Å². The van der Waals surface area contributed by atoms with Crippen LogP contribution in [-0.2, 0) is 13.0 Å². The van der Waals surface area contributed by atoms with Crippen LogP contribution in [0, 0.1) is 0 Å². The van der Waals surface area contributed by atoms with Gasteiger partial charge < -0.3 is 9.88 Å². The van der Waals surface area contributed by atoms with E-state index in [0.29, 0.717) is 12.1 Å². The van der Waals surface area contributed by atoms with Crippen LogP contribution in [0.5, 0.6) is 0 Å². The Morgan fingerprint density at radius 1 is 1.25 bits per heavy atom. The highest BCUT2D eigenvalue weighted by Gasteiger charge is 2.02. The highest BCUT2D eigenvalue weighted by molar-refractivity contribution is 7.07. The van der Waals surface area contributed by atoms with E-state index in [-0.39, 0.29) is 5.56 Å². The van der Waals surface area contributed by atoms with Gasteiger partial charge in [-0.05, 0) is 41.4 Å². The third-order valence-electron chi connectivity index (χ3n) is 3.24. The Hall–Kier alpha value is -1.92. The molecular formula is C14H16N4OS. The van der Waals surface area contributed by atoms with Gasteiger partial charge in [-0.15, -0.1) is 0 Å². The first-order valence-electron chi connectivity index (χ1n) is 6.59. The number of thiophene rings is 1. The van der Waals surface area contributed by atoms with Crippen molar-refractivity contribution in [3.05, 3.63) is 57.4 Å². The van der Waals surface area contributed by atoms with Gasteiger partial charge in [0.1, 0.15) is 5.52 Å². The molecule has 0 saturated heterocycles. The summed E-state index contributed by atoms with van der Waals surface area (Å²) in [5, 5.41) is 11.7. The Morgan fingerprint density at radius 2 is 2.20 bits per heavy atom. The fourth-order valence-electron chi connectivity index (χ4n) is 2.13. The summed E-state index contributed by atoms with van der Waals surface area (Å²) in [6, 6.07) is 3.88. The van der Waals surface area contributed by atoms with Crippen LogP contribution >= 0.6 is 11.3 Å². The molecule has 0 aliphatic heterocycles. The summed E-state index contributed by atoms with van der Waals surface area (Å²) in [5.41, 5.74) is 1.98. The topological polar surface area (TPSA) is 51.3 Å². The maximum absolute atomic E-state index is 12.1. The maximum atomic E-state index is 12.1. The Bertz CT molecular complexity index is 729. The minimum absolute atomic E-state index is 0.00429. The van der Waals surface area contributed by atoms with E-state index in [1.807, 2.05) is 6.20 Å². The van der Waals surface area contributed by atoms with Crippen LogP contribution in [0.15, 0.2) is 46.3 Å². The minimum atomic E-state index is 0.00429. The van der Waals surface area contributed by atoms with Crippen molar-refractivity contribution in [1.82, 2.24) is 19.5 Å². The van der Waals surface area contributed by atoms with Gasteiger partial charge in [-0.25, -0.2) is 4.52 Å². The number of nitrogens with one attached hydrogen (secondary N) is 1. The number of fused-ring (bicyclic) bond motifs is 1. The smallest absolute Gasteiger partial charge is 0.276 e. The average Bonchev–Trinajstić information content (AvgIpc) is 3.11. The predicted octanol–water partition coefficient (Wildman–Crippen LogP) is 1.39. The molecule has 0 atom stereocenters. The zero-order chi connectivity index (χ0) is 13.8.